The summed E-state index contributed by atoms with van der Waals surface area (Å²) in [7, 11) is 4.23. The average molecular weight is 255 g/mol. The van der Waals surface area contributed by atoms with Crippen molar-refractivity contribution >= 4 is 17.4 Å². The minimum atomic E-state index is 0.654. The van der Waals surface area contributed by atoms with E-state index in [1.165, 1.54) is 6.42 Å². The lowest BCUT2D eigenvalue weighted by Gasteiger charge is -2.20. The van der Waals surface area contributed by atoms with Gasteiger partial charge in [0.15, 0.2) is 5.82 Å². The van der Waals surface area contributed by atoms with Crippen molar-refractivity contribution in [2.24, 2.45) is 5.92 Å². The van der Waals surface area contributed by atoms with Gasteiger partial charge in [0.25, 0.3) is 0 Å². The van der Waals surface area contributed by atoms with E-state index in [0.29, 0.717) is 10.9 Å². The highest BCUT2D eigenvalue weighted by Gasteiger charge is 2.25. The van der Waals surface area contributed by atoms with Crippen LogP contribution in [0.25, 0.3) is 0 Å². The third kappa shape index (κ3) is 3.07. The summed E-state index contributed by atoms with van der Waals surface area (Å²) in [5.74, 6) is 2.37. The highest BCUT2D eigenvalue weighted by Crippen LogP contribution is 2.28. The van der Waals surface area contributed by atoms with Gasteiger partial charge in [-0.1, -0.05) is 11.6 Å². The molecule has 0 N–H and O–H groups in total. The maximum Gasteiger partial charge on any atom is 0.151 e. The van der Waals surface area contributed by atoms with Gasteiger partial charge in [-0.05, 0) is 33.4 Å². The van der Waals surface area contributed by atoms with E-state index in [4.69, 9.17) is 11.6 Å². The lowest BCUT2D eigenvalue weighted by molar-refractivity contribution is 0.340. The van der Waals surface area contributed by atoms with Crippen LogP contribution in [0.15, 0.2) is 6.20 Å². The Bertz CT molecular complexity index is 394. The van der Waals surface area contributed by atoms with Gasteiger partial charge in [0.1, 0.15) is 10.8 Å². The second-order valence-electron chi connectivity index (χ2n) is 4.95. The molecule has 1 unspecified atom stereocenters. The smallest absolute Gasteiger partial charge is 0.151 e. The Labute approximate surface area is 108 Å². The van der Waals surface area contributed by atoms with Gasteiger partial charge in [-0.25, -0.2) is 9.97 Å². The van der Waals surface area contributed by atoms with E-state index < -0.39 is 0 Å². The first-order chi connectivity index (χ1) is 8.06. The third-order valence-corrected chi connectivity index (χ3v) is 3.32. The molecule has 0 saturated carbocycles. The molecule has 17 heavy (non-hydrogen) atoms. The van der Waals surface area contributed by atoms with Crippen molar-refractivity contribution in [3.63, 3.8) is 0 Å². The summed E-state index contributed by atoms with van der Waals surface area (Å²) in [5.41, 5.74) is 0. The molecule has 1 aromatic rings. The number of hydrogen-bond donors (Lipinski definition) is 0. The summed E-state index contributed by atoms with van der Waals surface area (Å²) >= 11 is 6.15. The van der Waals surface area contributed by atoms with Crippen LogP contribution in [0, 0.1) is 12.8 Å². The van der Waals surface area contributed by atoms with Crippen LogP contribution >= 0.6 is 11.6 Å². The van der Waals surface area contributed by atoms with Gasteiger partial charge in [-0.15, -0.1) is 0 Å². The highest BCUT2D eigenvalue weighted by molar-refractivity contribution is 6.32. The molecule has 0 bridgehead atoms. The fourth-order valence-electron chi connectivity index (χ4n) is 2.36. The fraction of sp³-hybridized carbons (Fsp3) is 0.667. The van der Waals surface area contributed by atoms with E-state index in [1.807, 2.05) is 6.92 Å². The Morgan fingerprint density at radius 2 is 2.29 bits per heavy atom. The average Bonchev–Trinajstić information content (AvgIpc) is 2.69. The number of nitrogens with zero attached hydrogens (tertiary/aromatic N) is 4. The van der Waals surface area contributed by atoms with Crippen molar-refractivity contribution in [3.05, 3.63) is 17.0 Å². The first-order valence-electron chi connectivity index (χ1n) is 5.95. The van der Waals surface area contributed by atoms with Crippen LogP contribution in [0.3, 0.4) is 0 Å². The molecule has 1 atom stereocenters. The Morgan fingerprint density at radius 3 is 3.00 bits per heavy atom. The molecule has 94 valence electrons. The van der Waals surface area contributed by atoms with Crippen molar-refractivity contribution in [1.29, 1.82) is 0 Å². The minimum Gasteiger partial charge on any atom is -0.355 e. The van der Waals surface area contributed by atoms with E-state index in [2.05, 4.69) is 33.9 Å². The van der Waals surface area contributed by atoms with Gasteiger partial charge in [0.2, 0.25) is 0 Å². The molecule has 1 aromatic heterocycles. The molecule has 0 amide bonds. The molecule has 0 aliphatic carbocycles. The van der Waals surface area contributed by atoms with Crippen LogP contribution in [-0.4, -0.2) is 48.6 Å². The van der Waals surface area contributed by atoms with Gasteiger partial charge in [0.05, 0.1) is 6.20 Å². The minimum absolute atomic E-state index is 0.654. The first-order valence-corrected chi connectivity index (χ1v) is 6.33. The van der Waals surface area contributed by atoms with Gasteiger partial charge < -0.3 is 9.80 Å². The second-order valence-corrected chi connectivity index (χ2v) is 5.36. The molecule has 4 nitrogen and oxygen atoms in total. The summed E-state index contributed by atoms with van der Waals surface area (Å²) in [5, 5.41) is 0.654. The molecule has 0 aromatic carbocycles. The van der Waals surface area contributed by atoms with E-state index in [9.17, 15) is 0 Å². The zero-order valence-corrected chi connectivity index (χ0v) is 11.4. The Hall–Kier alpha value is -0.870. The molecule has 1 aliphatic rings. The monoisotopic (exact) mass is 254 g/mol. The summed E-state index contributed by atoms with van der Waals surface area (Å²) in [6.07, 6.45) is 2.90. The molecule has 2 heterocycles. The van der Waals surface area contributed by atoms with Gasteiger partial charge in [-0.3, -0.25) is 0 Å². The van der Waals surface area contributed by atoms with E-state index in [0.717, 1.165) is 31.3 Å². The summed E-state index contributed by atoms with van der Waals surface area (Å²) in [6, 6.07) is 0. The molecule has 0 spiro atoms. The van der Waals surface area contributed by atoms with Crippen LogP contribution in [0.5, 0.6) is 0 Å². The van der Waals surface area contributed by atoms with E-state index in [-0.39, 0.29) is 0 Å². The summed E-state index contributed by atoms with van der Waals surface area (Å²) in [6.45, 7) is 5.09. The normalized spacial score (nSPS) is 20.3. The molecule has 0 radical (unpaired) electrons. The molecular formula is C12H19ClN4. The number of aryl methyl sites for hydroxylation is 1. The molecule has 1 fully saturated rings. The van der Waals surface area contributed by atoms with Crippen molar-refractivity contribution in [2.75, 3.05) is 38.6 Å². The predicted octanol–water partition coefficient (Wildman–Crippen LogP) is 1.83. The maximum atomic E-state index is 6.15. The van der Waals surface area contributed by atoms with Gasteiger partial charge in [-0.2, -0.15) is 0 Å². The topological polar surface area (TPSA) is 32.3 Å². The largest absolute Gasteiger partial charge is 0.355 e. The number of rotatable bonds is 3. The summed E-state index contributed by atoms with van der Waals surface area (Å²) < 4.78 is 0. The summed E-state index contributed by atoms with van der Waals surface area (Å²) in [4.78, 5) is 13.0. The number of hydrogen-bond acceptors (Lipinski definition) is 4. The number of halogens is 1. The zero-order chi connectivity index (χ0) is 12.4. The van der Waals surface area contributed by atoms with Crippen molar-refractivity contribution in [3.8, 4) is 0 Å². The van der Waals surface area contributed by atoms with Crippen LogP contribution in [-0.2, 0) is 0 Å². The maximum absolute atomic E-state index is 6.15. The molecular weight excluding hydrogens is 236 g/mol. The van der Waals surface area contributed by atoms with Crippen molar-refractivity contribution in [1.82, 2.24) is 14.9 Å². The number of anilines is 1. The molecule has 2 rings (SSSR count). The van der Waals surface area contributed by atoms with Crippen molar-refractivity contribution < 1.29 is 0 Å². The first kappa shape index (κ1) is 12.6. The van der Waals surface area contributed by atoms with Crippen LogP contribution in [0.2, 0.25) is 5.02 Å². The second kappa shape index (κ2) is 5.19. The highest BCUT2D eigenvalue weighted by atomic mass is 35.5. The Kier molecular flexibility index (Phi) is 3.84. The van der Waals surface area contributed by atoms with E-state index in [1.54, 1.807) is 6.20 Å². The number of aromatic nitrogens is 2. The predicted molar refractivity (Wildman–Crippen MR) is 70.7 cm³/mol. The van der Waals surface area contributed by atoms with Gasteiger partial charge in [0, 0.05) is 19.6 Å². The Balaban J connectivity index is 2.07. The lowest BCUT2D eigenvalue weighted by Crippen LogP contribution is -2.26. The quantitative estimate of drug-likeness (QED) is 0.824. The van der Waals surface area contributed by atoms with E-state index >= 15 is 0 Å². The Morgan fingerprint density at radius 1 is 1.53 bits per heavy atom. The molecule has 1 saturated heterocycles. The molecule has 1 aliphatic heterocycles. The zero-order valence-electron chi connectivity index (χ0n) is 10.6. The van der Waals surface area contributed by atoms with Crippen LogP contribution in [0.4, 0.5) is 5.82 Å². The fourth-order valence-corrected chi connectivity index (χ4v) is 2.57. The van der Waals surface area contributed by atoms with Crippen molar-refractivity contribution in [2.45, 2.75) is 13.3 Å². The molecule has 5 heteroatoms. The SMILES string of the molecule is Cc1ncc(Cl)c(N2CCC(CN(C)C)C2)n1. The van der Waals surface area contributed by atoms with Crippen LogP contribution < -0.4 is 4.90 Å². The standard InChI is InChI=1S/C12H19ClN4/c1-9-14-6-11(13)12(15-9)17-5-4-10(8-17)7-16(2)3/h6,10H,4-5,7-8H2,1-3H3. The van der Waals surface area contributed by atoms with Crippen LogP contribution in [0.1, 0.15) is 12.2 Å². The third-order valence-electron chi connectivity index (χ3n) is 3.05. The lowest BCUT2D eigenvalue weighted by atomic mass is 10.1. The van der Waals surface area contributed by atoms with Gasteiger partial charge >= 0.3 is 0 Å².